The number of benzene rings is 3. The lowest BCUT2D eigenvalue weighted by molar-refractivity contribution is 0.0950. The summed E-state index contributed by atoms with van der Waals surface area (Å²) in [7, 11) is 1.58. The maximum absolute atomic E-state index is 12.5. The highest BCUT2D eigenvalue weighted by Crippen LogP contribution is 2.24. The molecular weight excluding hydrogens is 498 g/mol. The van der Waals surface area contributed by atoms with Gasteiger partial charge in [0, 0.05) is 19.5 Å². The number of carbonyl (C=O) groups is 1. The molecular formula is C34H43N3O3. The molecule has 4 aromatic rings. The van der Waals surface area contributed by atoms with Crippen molar-refractivity contribution in [3.63, 3.8) is 0 Å². The van der Waals surface area contributed by atoms with E-state index in [0.717, 1.165) is 62.2 Å². The molecule has 0 radical (unpaired) electrons. The molecule has 0 saturated carbocycles. The monoisotopic (exact) mass is 541 g/mol. The van der Waals surface area contributed by atoms with E-state index in [1.807, 2.05) is 18.2 Å². The first-order valence-corrected chi connectivity index (χ1v) is 14.5. The van der Waals surface area contributed by atoms with Crippen molar-refractivity contribution in [3.05, 3.63) is 89.7 Å². The summed E-state index contributed by atoms with van der Waals surface area (Å²) in [6.07, 6.45) is 5.92. The van der Waals surface area contributed by atoms with Gasteiger partial charge >= 0.3 is 0 Å². The van der Waals surface area contributed by atoms with Crippen LogP contribution in [0.5, 0.6) is 11.5 Å². The van der Waals surface area contributed by atoms with Gasteiger partial charge in [0.2, 0.25) is 0 Å². The standard InChI is InChI=1S/C34H43N3O3/c1-34(2,3)26-19-21-27(22-20-26)40-25-13-12-24-37-30-16-9-8-15-29(30)36-32(37)18-6-5-11-23-35-33(38)28-14-7-10-17-31(28)39-4/h7-10,14-17,19-22H,5-6,11-13,18,23-25H2,1-4H3,(H,35,38). The van der Waals surface area contributed by atoms with Gasteiger partial charge in [-0.05, 0) is 73.1 Å². The van der Waals surface area contributed by atoms with Crippen molar-refractivity contribution in [1.82, 2.24) is 14.9 Å². The number of aromatic nitrogens is 2. The van der Waals surface area contributed by atoms with Crippen LogP contribution < -0.4 is 14.8 Å². The van der Waals surface area contributed by atoms with E-state index in [0.29, 0.717) is 24.5 Å². The first kappa shape index (κ1) is 29.2. The second-order valence-corrected chi connectivity index (χ2v) is 11.3. The van der Waals surface area contributed by atoms with Gasteiger partial charge in [0.25, 0.3) is 5.91 Å². The van der Waals surface area contributed by atoms with E-state index in [4.69, 9.17) is 14.5 Å². The van der Waals surface area contributed by atoms with E-state index in [9.17, 15) is 4.79 Å². The number of carbonyl (C=O) groups excluding carboxylic acids is 1. The molecule has 0 unspecified atom stereocenters. The van der Waals surface area contributed by atoms with Crippen LogP contribution in [0.3, 0.4) is 0 Å². The molecule has 1 aromatic heterocycles. The summed E-state index contributed by atoms with van der Waals surface area (Å²) in [6.45, 7) is 8.95. The predicted molar refractivity (Wildman–Crippen MR) is 162 cm³/mol. The number of aryl methyl sites for hydroxylation is 2. The normalized spacial score (nSPS) is 11.5. The Kier molecular flexibility index (Phi) is 10.2. The van der Waals surface area contributed by atoms with Crippen LogP contribution in [0.1, 0.15) is 74.6 Å². The third-order valence-corrected chi connectivity index (χ3v) is 7.21. The number of methoxy groups -OCH3 is 1. The van der Waals surface area contributed by atoms with Crippen molar-refractivity contribution in [1.29, 1.82) is 0 Å². The van der Waals surface area contributed by atoms with E-state index < -0.39 is 0 Å². The summed E-state index contributed by atoms with van der Waals surface area (Å²) in [4.78, 5) is 17.4. The van der Waals surface area contributed by atoms with Crippen molar-refractivity contribution in [2.45, 2.75) is 71.3 Å². The average Bonchev–Trinajstić information content (AvgIpc) is 3.31. The SMILES string of the molecule is COc1ccccc1C(=O)NCCCCCc1nc2ccccc2n1CCCCOc1ccc(C(C)(C)C)cc1. The fourth-order valence-corrected chi connectivity index (χ4v) is 4.89. The Morgan fingerprint density at radius 3 is 2.40 bits per heavy atom. The Morgan fingerprint density at radius 1 is 0.875 bits per heavy atom. The number of hydrogen-bond donors (Lipinski definition) is 1. The van der Waals surface area contributed by atoms with Crippen LogP contribution in [0.2, 0.25) is 0 Å². The van der Waals surface area contributed by atoms with Gasteiger partial charge in [-0.1, -0.05) is 63.6 Å². The lowest BCUT2D eigenvalue weighted by Gasteiger charge is -2.19. The number of ether oxygens (including phenoxy) is 2. The zero-order valence-corrected chi connectivity index (χ0v) is 24.4. The van der Waals surface area contributed by atoms with Crippen LogP contribution in [0.4, 0.5) is 0 Å². The van der Waals surface area contributed by atoms with Crippen LogP contribution in [0.15, 0.2) is 72.8 Å². The molecule has 40 heavy (non-hydrogen) atoms. The largest absolute Gasteiger partial charge is 0.496 e. The number of hydrogen-bond acceptors (Lipinski definition) is 4. The van der Waals surface area contributed by atoms with Crippen LogP contribution in [-0.2, 0) is 18.4 Å². The summed E-state index contributed by atoms with van der Waals surface area (Å²) in [5.74, 6) is 2.57. The number of amides is 1. The van der Waals surface area contributed by atoms with Gasteiger partial charge in [-0.15, -0.1) is 0 Å². The van der Waals surface area contributed by atoms with Gasteiger partial charge in [0.15, 0.2) is 0 Å². The summed E-state index contributed by atoms with van der Waals surface area (Å²) in [5, 5.41) is 3.01. The van der Waals surface area contributed by atoms with Gasteiger partial charge < -0.3 is 19.4 Å². The highest BCUT2D eigenvalue weighted by Gasteiger charge is 2.14. The average molecular weight is 542 g/mol. The van der Waals surface area contributed by atoms with Crippen molar-refractivity contribution in [2.75, 3.05) is 20.3 Å². The molecule has 0 aliphatic carbocycles. The molecule has 3 aromatic carbocycles. The molecule has 1 heterocycles. The molecule has 0 fully saturated rings. The fourth-order valence-electron chi connectivity index (χ4n) is 4.89. The second kappa shape index (κ2) is 14.0. The third-order valence-electron chi connectivity index (χ3n) is 7.21. The van der Waals surface area contributed by atoms with Gasteiger partial charge in [-0.2, -0.15) is 0 Å². The van der Waals surface area contributed by atoms with E-state index >= 15 is 0 Å². The maximum atomic E-state index is 12.5. The number of nitrogens with zero attached hydrogens (tertiary/aromatic N) is 2. The minimum atomic E-state index is -0.0925. The molecule has 4 rings (SSSR count). The smallest absolute Gasteiger partial charge is 0.255 e. The van der Waals surface area contributed by atoms with E-state index in [1.54, 1.807) is 19.2 Å². The number of para-hydroxylation sites is 3. The van der Waals surface area contributed by atoms with Gasteiger partial charge in [0.1, 0.15) is 17.3 Å². The van der Waals surface area contributed by atoms with Crippen LogP contribution in [-0.4, -0.2) is 35.7 Å². The van der Waals surface area contributed by atoms with Crippen molar-refractivity contribution >= 4 is 16.9 Å². The van der Waals surface area contributed by atoms with Crippen LogP contribution in [0, 0.1) is 0 Å². The Labute approximate surface area is 238 Å². The summed E-state index contributed by atoms with van der Waals surface area (Å²) in [6, 6.07) is 24.2. The van der Waals surface area contributed by atoms with Crippen molar-refractivity contribution in [2.24, 2.45) is 0 Å². The van der Waals surface area contributed by atoms with Crippen LogP contribution in [0.25, 0.3) is 11.0 Å². The molecule has 1 amide bonds. The van der Waals surface area contributed by atoms with E-state index in [1.165, 1.54) is 11.1 Å². The predicted octanol–water partition coefficient (Wildman–Crippen LogP) is 7.34. The molecule has 0 bridgehead atoms. The molecule has 0 aliphatic heterocycles. The second-order valence-electron chi connectivity index (χ2n) is 11.3. The molecule has 6 nitrogen and oxygen atoms in total. The fraction of sp³-hybridized carbons (Fsp3) is 0.412. The molecule has 0 atom stereocenters. The van der Waals surface area contributed by atoms with Gasteiger partial charge in [-0.25, -0.2) is 4.98 Å². The third kappa shape index (κ3) is 7.87. The number of nitrogens with one attached hydrogen (secondary N) is 1. The van der Waals surface area contributed by atoms with Gasteiger partial charge in [-0.3, -0.25) is 4.79 Å². The highest BCUT2D eigenvalue weighted by molar-refractivity contribution is 5.96. The number of rotatable bonds is 14. The number of unbranched alkanes of at least 4 members (excludes halogenated alkanes) is 3. The topological polar surface area (TPSA) is 65.4 Å². The Bertz CT molecular complexity index is 1370. The van der Waals surface area contributed by atoms with Crippen molar-refractivity contribution < 1.29 is 14.3 Å². The summed E-state index contributed by atoms with van der Waals surface area (Å²) < 4.78 is 13.7. The Hall–Kier alpha value is -3.80. The zero-order chi connectivity index (χ0) is 28.4. The molecule has 0 spiro atoms. The lowest BCUT2D eigenvalue weighted by Crippen LogP contribution is -2.24. The first-order chi connectivity index (χ1) is 19.4. The van der Waals surface area contributed by atoms with E-state index in [2.05, 4.69) is 73.1 Å². The molecule has 0 saturated heterocycles. The van der Waals surface area contributed by atoms with E-state index in [-0.39, 0.29) is 11.3 Å². The molecule has 0 aliphatic rings. The quantitative estimate of drug-likeness (QED) is 0.170. The first-order valence-electron chi connectivity index (χ1n) is 14.5. The zero-order valence-electron chi connectivity index (χ0n) is 24.4. The van der Waals surface area contributed by atoms with Gasteiger partial charge in [0.05, 0.1) is 30.3 Å². The maximum Gasteiger partial charge on any atom is 0.255 e. The summed E-state index contributed by atoms with van der Waals surface area (Å²) >= 11 is 0. The number of fused-ring (bicyclic) bond motifs is 1. The highest BCUT2D eigenvalue weighted by atomic mass is 16.5. The minimum absolute atomic E-state index is 0.0925. The molecule has 6 heteroatoms. The molecule has 1 N–H and O–H groups in total. The Balaban J connectivity index is 1.21. The molecule has 212 valence electrons. The van der Waals surface area contributed by atoms with Crippen LogP contribution >= 0.6 is 0 Å². The lowest BCUT2D eigenvalue weighted by atomic mass is 9.87. The van der Waals surface area contributed by atoms with Crippen molar-refractivity contribution in [3.8, 4) is 11.5 Å². The minimum Gasteiger partial charge on any atom is -0.496 e. The Morgan fingerprint density at radius 2 is 1.62 bits per heavy atom. The summed E-state index contributed by atoms with van der Waals surface area (Å²) in [5.41, 5.74) is 4.29. The number of imidazole rings is 1.